The lowest BCUT2D eigenvalue weighted by atomic mass is 10.1. The van der Waals surface area contributed by atoms with Crippen LogP contribution in [-0.4, -0.2) is 29.0 Å². The second-order valence-electron chi connectivity index (χ2n) is 4.75. The van der Waals surface area contributed by atoms with E-state index < -0.39 is 5.60 Å². The van der Waals surface area contributed by atoms with E-state index >= 15 is 0 Å². The van der Waals surface area contributed by atoms with E-state index in [4.69, 9.17) is 14.0 Å². The number of aromatic hydroxyl groups is 1. The summed E-state index contributed by atoms with van der Waals surface area (Å²) in [5, 5.41) is 13.9. The molecule has 1 heterocycles. The molecule has 0 amide bonds. The zero-order valence-electron chi connectivity index (χ0n) is 12.0. The molecule has 0 saturated heterocycles. The molecule has 0 atom stereocenters. The molecule has 0 unspecified atom stereocenters. The number of methoxy groups -OCH3 is 1. The second-order valence-corrected chi connectivity index (χ2v) is 4.75. The first kappa shape index (κ1) is 14.3. The van der Waals surface area contributed by atoms with Crippen LogP contribution in [0.4, 0.5) is 0 Å². The van der Waals surface area contributed by atoms with Gasteiger partial charge in [0.1, 0.15) is 17.1 Å². The van der Waals surface area contributed by atoms with Crippen molar-refractivity contribution < 1.29 is 19.1 Å². The molecule has 20 heavy (non-hydrogen) atoms. The molecule has 1 aromatic carbocycles. The molecule has 0 saturated carbocycles. The normalized spacial score (nSPS) is 11.6. The molecule has 0 spiro atoms. The van der Waals surface area contributed by atoms with E-state index in [9.17, 15) is 5.11 Å². The Morgan fingerprint density at radius 1 is 1.35 bits per heavy atom. The molecule has 1 aromatic heterocycles. The van der Waals surface area contributed by atoms with Crippen molar-refractivity contribution in [2.24, 2.45) is 0 Å². The van der Waals surface area contributed by atoms with Crippen LogP contribution in [0.2, 0.25) is 0 Å². The summed E-state index contributed by atoms with van der Waals surface area (Å²) in [6.07, 6.45) is 0. The summed E-state index contributed by atoms with van der Waals surface area (Å²) in [6, 6.07) is 4.87. The van der Waals surface area contributed by atoms with Crippen molar-refractivity contribution in [2.45, 2.75) is 26.4 Å². The molecule has 2 rings (SSSR count). The maximum absolute atomic E-state index is 9.95. The molecule has 0 aliphatic carbocycles. The van der Waals surface area contributed by atoms with Crippen molar-refractivity contribution in [1.82, 2.24) is 10.1 Å². The second kappa shape index (κ2) is 5.50. The summed E-state index contributed by atoms with van der Waals surface area (Å²) in [5.74, 6) is 1.26. The van der Waals surface area contributed by atoms with Crippen LogP contribution in [0.15, 0.2) is 22.7 Å². The minimum atomic E-state index is -0.640. The van der Waals surface area contributed by atoms with Gasteiger partial charge in [-0.3, -0.25) is 0 Å². The van der Waals surface area contributed by atoms with Gasteiger partial charge in [-0.1, -0.05) is 5.16 Å². The van der Waals surface area contributed by atoms with Crippen molar-refractivity contribution in [3.05, 3.63) is 24.0 Å². The van der Waals surface area contributed by atoms with E-state index in [0.29, 0.717) is 23.7 Å². The highest BCUT2D eigenvalue weighted by Crippen LogP contribution is 2.32. The molecule has 6 heteroatoms. The van der Waals surface area contributed by atoms with E-state index in [-0.39, 0.29) is 11.6 Å². The minimum Gasteiger partial charge on any atom is -0.507 e. The van der Waals surface area contributed by atoms with Gasteiger partial charge < -0.3 is 19.1 Å². The number of aromatic nitrogens is 2. The third-order valence-electron chi connectivity index (χ3n) is 2.91. The Balaban J connectivity index is 2.33. The van der Waals surface area contributed by atoms with Crippen molar-refractivity contribution >= 4 is 0 Å². The molecule has 0 aliphatic heterocycles. The molecule has 1 N–H and O–H groups in total. The van der Waals surface area contributed by atoms with Crippen LogP contribution in [0.5, 0.6) is 11.5 Å². The highest BCUT2D eigenvalue weighted by molar-refractivity contribution is 5.63. The van der Waals surface area contributed by atoms with Crippen molar-refractivity contribution in [3.63, 3.8) is 0 Å². The molecule has 6 nitrogen and oxygen atoms in total. The summed E-state index contributed by atoms with van der Waals surface area (Å²) < 4.78 is 15.8. The maximum atomic E-state index is 9.95. The molecule has 0 bridgehead atoms. The Bertz CT molecular complexity index is 593. The van der Waals surface area contributed by atoms with E-state index in [0.717, 1.165) is 0 Å². The van der Waals surface area contributed by atoms with E-state index in [2.05, 4.69) is 10.1 Å². The van der Waals surface area contributed by atoms with Gasteiger partial charge >= 0.3 is 0 Å². The van der Waals surface area contributed by atoms with Gasteiger partial charge in [0.15, 0.2) is 0 Å². The van der Waals surface area contributed by atoms with Crippen LogP contribution in [0.3, 0.4) is 0 Å². The fourth-order valence-electron chi connectivity index (χ4n) is 1.82. The number of hydrogen-bond acceptors (Lipinski definition) is 6. The highest BCUT2D eigenvalue weighted by Gasteiger charge is 2.28. The van der Waals surface area contributed by atoms with Gasteiger partial charge in [-0.25, -0.2) is 0 Å². The van der Waals surface area contributed by atoms with Gasteiger partial charge in [0, 0.05) is 12.7 Å². The molecule has 0 aliphatic rings. The van der Waals surface area contributed by atoms with Crippen molar-refractivity contribution in [1.29, 1.82) is 0 Å². The monoisotopic (exact) mass is 278 g/mol. The number of rotatable bonds is 5. The van der Waals surface area contributed by atoms with Gasteiger partial charge in [-0.15, -0.1) is 0 Å². The minimum absolute atomic E-state index is 0.0220. The first-order chi connectivity index (χ1) is 9.47. The van der Waals surface area contributed by atoms with Gasteiger partial charge in [0.05, 0.1) is 12.7 Å². The summed E-state index contributed by atoms with van der Waals surface area (Å²) in [7, 11) is 1.53. The Hall–Kier alpha value is -2.08. The van der Waals surface area contributed by atoms with Crippen LogP contribution in [-0.2, 0) is 10.3 Å². The zero-order valence-corrected chi connectivity index (χ0v) is 12.0. The molecular weight excluding hydrogens is 260 g/mol. The van der Waals surface area contributed by atoms with Gasteiger partial charge in [0.2, 0.25) is 5.82 Å². The lowest BCUT2D eigenvalue weighted by Gasteiger charge is -2.19. The third kappa shape index (κ3) is 2.75. The molecular formula is C14H18N2O4. The van der Waals surface area contributed by atoms with Crippen LogP contribution < -0.4 is 4.74 Å². The van der Waals surface area contributed by atoms with E-state index in [1.165, 1.54) is 13.2 Å². The van der Waals surface area contributed by atoms with Crippen LogP contribution >= 0.6 is 0 Å². The Morgan fingerprint density at radius 2 is 2.10 bits per heavy atom. The van der Waals surface area contributed by atoms with E-state index in [1.54, 1.807) is 12.1 Å². The fraction of sp³-hybridized carbons (Fsp3) is 0.429. The first-order valence-corrected chi connectivity index (χ1v) is 6.33. The number of ether oxygens (including phenoxy) is 2. The van der Waals surface area contributed by atoms with Crippen LogP contribution in [0.25, 0.3) is 11.5 Å². The van der Waals surface area contributed by atoms with Gasteiger partial charge in [0.25, 0.3) is 5.89 Å². The average molecular weight is 278 g/mol. The molecule has 108 valence electrons. The molecule has 2 aromatic rings. The van der Waals surface area contributed by atoms with Crippen LogP contribution in [0.1, 0.15) is 26.6 Å². The van der Waals surface area contributed by atoms with Crippen molar-refractivity contribution in [3.8, 4) is 23.0 Å². The van der Waals surface area contributed by atoms with Gasteiger partial charge in [-0.2, -0.15) is 4.98 Å². The summed E-state index contributed by atoms with van der Waals surface area (Å²) >= 11 is 0. The Kier molecular flexibility index (Phi) is 3.94. The maximum Gasteiger partial charge on any atom is 0.261 e. The zero-order chi connectivity index (χ0) is 14.8. The number of nitrogens with zero attached hydrogens (tertiary/aromatic N) is 2. The predicted octanol–water partition coefficient (Wildman–Crippen LogP) is 2.72. The number of benzene rings is 1. The van der Waals surface area contributed by atoms with Crippen molar-refractivity contribution in [2.75, 3.05) is 13.7 Å². The lowest BCUT2D eigenvalue weighted by molar-refractivity contribution is -0.0221. The van der Waals surface area contributed by atoms with Crippen LogP contribution in [0, 0.1) is 0 Å². The number of phenols is 1. The number of phenolic OH excluding ortho intramolecular Hbond substituents is 1. The lowest BCUT2D eigenvalue weighted by Crippen LogP contribution is -2.23. The van der Waals surface area contributed by atoms with E-state index in [1.807, 2.05) is 20.8 Å². The fourth-order valence-corrected chi connectivity index (χ4v) is 1.82. The molecule has 0 fully saturated rings. The predicted molar refractivity (Wildman–Crippen MR) is 72.6 cm³/mol. The highest BCUT2D eigenvalue weighted by atomic mass is 16.5. The quantitative estimate of drug-likeness (QED) is 0.906. The Labute approximate surface area is 117 Å². The molecule has 0 radical (unpaired) electrons. The third-order valence-corrected chi connectivity index (χ3v) is 2.91. The topological polar surface area (TPSA) is 77.6 Å². The summed E-state index contributed by atoms with van der Waals surface area (Å²) in [6.45, 7) is 6.17. The standard InChI is InChI=1S/C14H18N2O4/c1-5-19-14(2,3)13-15-12(20-16-13)10-7-6-9(18-4)8-11(10)17/h6-8,17H,5H2,1-4H3. The summed E-state index contributed by atoms with van der Waals surface area (Å²) in [5.41, 5.74) is -0.185. The first-order valence-electron chi connectivity index (χ1n) is 6.33. The largest absolute Gasteiger partial charge is 0.507 e. The number of hydrogen-bond donors (Lipinski definition) is 1. The van der Waals surface area contributed by atoms with Gasteiger partial charge in [-0.05, 0) is 32.9 Å². The Morgan fingerprint density at radius 3 is 2.70 bits per heavy atom. The smallest absolute Gasteiger partial charge is 0.261 e. The average Bonchev–Trinajstić information content (AvgIpc) is 2.88. The summed E-state index contributed by atoms with van der Waals surface area (Å²) in [4.78, 5) is 4.28. The SMILES string of the molecule is CCOC(C)(C)c1noc(-c2ccc(OC)cc2O)n1.